The molecule has 0 aliphatic heterocycles. The topological polar surface area (TPSA) is 46.5 Å². The van der Waals surface area contributed by atoms with Gasteiger partial charge in [-0.25, -0.2) is 4.39 Å². The van der Waals surface area contributed by atoms with E-state index in [0.29, 0.717) is 0 Å². The van der Waals surface area contributed by atoms with E-state index in [-0.39, 0.29) is 5.56 Å². The zero-order valence-electron chi connectivity index (χ0n) is 9.08. The molecule has 0 radical (unpaired) electrons. The molecule has 0 spiro atoms. The molecule has 1 atom stereocenters. The van der Waals surface area contributed by atoms with Gasteiger partial charge in [0.15, 0.2) is 0 Å². The van der Waals surface area contributed by atoms with Crippen molar-refractivity contribution in [1.82, 2.24) is 0 Å². The lowest BCUT2D eigenvalue weighted by atomic mass is 10.0. The van der Waals surface area contributed by atoms with Gasteiger partial charge < -0.3 is 9.84 Å². The monoisotopic (exact) mass is 266 g/mol. The maximum absolute atomic E-state index is 12.9. The lowest BCUT2D eigenvalue weighted by Gasteiger charge is -2.14. The highest BCUT2D eigenvalue weighted by Gasteiger charge is 2.29. The van der Waals surface area contributed by atoms with Crippen molar-refractivity contribution in [3.05, 3.63) is 35.6 Å². The third-order valence-corrected chi connectivity index (χ3v) is 2.10. The molecule has 3 nitrogen and oxygen atoms in total. The van der Waals surface area contributed by atoms with E-state index in [1.165, 1.54) is 12.1 Å². The van der Waals surface area contributed by atoms with Crippen molar-refractivity contribution in [3.8, 4) is 0 Å². The number of carboxylic acid groups (broad SMARTS) is 1. The zero-order valence-corrected chi connectivity index (χ0v) is 9.08. The fourth-order valence-electron chi connectivity index (χ4n) is 1.33. The van der Waals surface area contributed by atoms with Gasteiger partial charge in [-0.2, -0.15) is 13.2 Å². The van der Waals surface area contributed by atoms with Gasteiger partial charge in [-0.05, 0) is 17.7 Å². The van der Waals surface area contributed by atoms with Gasteiger partial charge in [0.25, 0.3) is 0 Å². The van der Waals surface area contributed by atoms with E-state index >= 15 is 0 Å². The summed E-state index contributed by atoms with van der Waals surface area (Å²) in [6, 6.07) is 4.66. The summed E-state index contributed by atoms with van der Waals surface area (Å²) in [6.07, 6.45) is -4.52. The van der Waals surface area contributed by atoms with E-state index in [0.717, 1.165) is 12.1 Å². The molecule has 7 heteroatoms. The molecule has 0 saturated carbocycles. The first-order valence-corrected chi connectivity index (χ1v) is 4.92. The number of rotatable bonds is 5. The molecule has 0 amide bonds. The first kappa shape index (κ1) is 14.4. The Morgan fingerprint density at radius 2 is 2.06 bits per heavy atom. The summed E-state index contributed by atoms with van der Waals surface area (Å²) in [5.74, 6) is -3.36. The highest BCUT2D eigenvalue weighted by Crippen LogP contribution is 2.20. The van der Waals surface area contributed by atoms with Crippen LogP contribution in [0.15, 0.2) is 24.3 Å². The van der Waals surface area contributed by atoms with Gasteiger partial charge in [0.2, 0.25) is 0 Å². The average Bonchev–Trinajstić information content (AvgIpc) is 2.22. The summed E-state index contributed by atoms with van der Waals surface area (Å²) in [4.78, 5) is 10.9. The molecule has 0 bridgehead atoms. The Kier molecular flexibility index (Phi) is 4.66. The second kappa shape index (κ2) is 5.81. The molecule has 0 heterocycles. The van der Waals surface area contributed by atoms with Crippen LogP contribution >= 0.6 is 0 Å². The fraction of sp³-hybridized carbons (Fsp3) is 0.364. The van der Waals surface area contributed by atoms with Gasteiger partial charge in [0.1, 0.15) is 18.3 Å². The van der Waals surface area contributed by atoms with E-state index in [9.17, 15) is 22.4 Å². The number of benzene rings is 1. The van der Waals surface area contributed by atoms with Crippen LogP contribution in [0.25, 0.3) is 0 Å². The number of carboxylic acids is 1. The quantitative estimate of drug-likeness (QED) is 0.833. The molecule has 1 aromatic rings. The molecule has 100 valence electrons. The van der Waals surface area contributed by atoms with Gasteiger partial charge in [-0.15, -0.1) is 0 Å². The van der Waals surface area contributed by atoms with Gasteiger partial charge in [0.05, 0.1) is 6.61 Å². The molecule has 0 fully saturated rings. The second-order valence-electron chi connectivity index (χ2n) is 3.58. The summed E-state index contributed by atoms with van der Waals surface area (Å²) in [5.41, 5.74) is 0.0599. The number of ether oxygens (including phenoxy) is 1. The molecule has 0 aromatic heterocycles. The van der Waals surface area contributed by atoms with Crippen LogP contribution in [0.3, 0.4) is 0 Å². The van der Waals surface area contributed by atoms with Crippen LogP contribution in [0.5, 0.6) is 0 Å². The van der Waals surface area contributed by atoms with Gasteiger partial charge in [-0.1, -0.05) is 12.1 Å². The van der Waals surface area contributed by atoms with Crippen molar-refractivity contribution >= 4 is 5.97 Å². The van der Waals surface area contributed by atoms with Gasteiger partial charge >= 0.3 is 12.1 Å². The molecule has 1 rings (SSSR count). The first-order valence-electron chi connectivity index (χ1n) is 4.92. The Morgan fingerprint density at radius 1 is 1.39 bits per heavy atom. The highest BCUT2D eigenvalue weighted by atomic mass is 19.4. The van der Waals surface area contributed by atoms with Crippen molar-refractivity contribution in [2.45, 2.75) is 12.1 Å². The molecule has 1 unspecified atom stereocenters. The van der Waals surface area contributed by atoms with E-state index in [2.05, 4.69) is 4.74 Å². The summed E-state index contributed by atoms with van der Waals surface area (Å²) in [7, 11) is 0. The maximum Gasteiger partial charge on any atom is 0.411 e. The SMILES string of the molecule is O=C(O)C(COCC(F)(F)F)c1cccc(F)c1. The Labute approximate surface area is 100.0 Å². The van der Waals surface area contributed by atoms with Crippen molar-refractivity contribution in [2.75, 3.05) is 13.2 Å². The minimum absolute atomic E-state index is 0.0599. The third kappa shape index (κ3) is 4.70. The summed E-state index contributed by atoms with van der Waals surface area (Å²) >= 11 is 0. The number of halogens is 4. The zero-order chi connectivity index (χ0) is 13.8. The number of aliphatic carboxylic acids is 1. The van der Waals surface area contributed by atoms with Crippen LogP contribution in [0.4, 0.5) is 17.6 Å². The summed E-state index contributed by atoms with van der Waals surface area (Å²) in [5, 5.41) is 8.86. The number of hydrogen-bond donors (Lipinski definition) is 1. The molecular weight excluding hydrogens is 256 g/mol. The lowest BCUT2D eigenvalue weighted by Crippen LogP contribution is -2.23. The molecule has 0 aliphatic rings. The number of carbonyl (C=O) groups is 1. The minimum Gasteiger partial charge on any atom is -0.481 e. The second-order valence-corrected chi connectivity index (χ2v) is 3.58. The summed E-state index contributed by atoms with van der Waals surface area (Å²) in [6.45, 7) is -2.20. The lowest BCUT2D eigenvalue weighted by molar-refractivity contribution is -0.177. The minimum atomic E-state index is -4.52. The van der Waals surface area contributed by atoms with Crippen LogP contribution < -0.4 is 0 Å². The van der Waals surface area contributed by atoms with E-state index < -0.39 is 37.1 Å². The predicted molar refractivity (Wildman–Crippen MR) is 53.7 cm³/mol. The smallest absolute Gasteiger partial charge is 0.411 e. The Balaban J connectivity index is 2.69. The van der Waals surface area contributed by atoms with Crippen LogP contribution in [0.2, 0.25) is 0 Å². The van der Waals surface area contributed by atoms with E-state index in [1.807, 2.05) is 0 Å². The molecular formula is C11H10F4O3. The highest BCUT2D eigenvalue weighted by molar-refractivity contribution is 5.76. The molecule has 1 N–H and O–H groups in total. The van der Waals surface area contributed by atoms with Crippen LogP contribution in [-0.2, 0) is 9.53 Å². The van der Waals surface area contributed by atoms with E-state index in [1.54, 1.807) is 0 Å². The van der Waals surface area contributed by atoms with Crippen LogP contribution in [-0.4, -0.2) is 30.5 Å². The largest absolute Gasteiger partial charge is 0.481 e. The van der Waals surface area contributed by atoms with Crippen molar-refractivity contribution < 1.29 is 32.2 Å². The number of alkyl halides is 3. The average molecular weight is 266 g/mol. The van der Waals surface area contributed by atoms with Crippen LogP contribution in [0, 0.1) is 5.82 Å². The maximum atomic E-state index is 12.9. The summed E-state index contributed by atoms with van der Waals surface area (Å²) < 4.78 is 52.7. The van der Waals surface area contributed by atoms with Crippen LogP contribution in [0.1, 0.15) is 11.5 Å². The fourth-order valence-corrected chi connectivity index (χ4v) is 1.33. The van der Waals surface area contributed by atoms with E-state index in [4.69, 9.17) is 5.11 Å². The normalized spacial score (nSPS) is 13.3. The van der Waals surface area contributed by atoms with Gasteiger partial charge in [-0.3, -0.25) is 4.79 Å². The number of hydrogen-bond acceptors (Lipinski definition) is 2. The van der Waals surface area contributed by atoms with Crippen molar-refractivity contribution in [2.24, 2.45) is 0 Å². The van der Waals surface area contributed by atoms with Crippen molar-refractivity contribution in [3.63, 3.8) is 0 Å². The predicted octanol–water partition coefficient (Wildman–Crippen LogP) is 2.57. The van der Waals surface area contributed by atoms with Gasteiger partial charge in [0, 0.05) is 0 Å². The molecule has 0 aliphatic carbocycles. The molecule has 0 saturated heterocycles. The first-order chi connectivity index (χ1) is 8.29. The third-order valence-electron chi connectivity index (χ3n) is 2.10. The standard InChI is InChI=1S/C11H10F4O3/c12-8-3-1-2-7(4-8)9(10(16)17)5-18-6-11(13,14)15/h1-4,9H,5-6H2,(H,16,17). The Morgan fingerprint density at radius 3 is 2.56 bits per heavy atom. The molecule has 18 heavy (non-hydrogen) atoms. The Bertz CT molecular complexity index is 417. The Hall–Kier alpha value is -1.63. The molecule has 1 aromatic carbocycles. The van der Waals surface area contributed by atoms with Crippen molar-refractivity contribution in [1.29, 1.82) is 0 Å².